The molecule has 24 heavy (non-hydrogen) atoms. The molecular weight excluding hydrogens is 296 g/mol. The summed E-state index contributed by atoms with van der Waals surface area (Å²) in [5, 5.41) is 9.09. The Morgan fingerprint density at radius 1 is 1.04 bits per heavy atom. The molecule has 2 atom stereocenters. The quantitative estimate of drug-likeness (QED) is 0.831. The molecule has 0 N–H and O–H groups in total. The molecule has 1 heterocycles. The Hall–Kier alpha value is -2.60. The second-order valence-corrected chi connectivity index (χ2v) is 6.79. The third-order valence-corrected chi connectivity index (χ3v) is 5.43. The molecule has 3 heteroatoms. The van der Waals surface area contributed by atoms with E-state index < -0.39 is 0 Å². The molecule has 1 amide bonds. The van der Waals surface area contributed by atoms with Crippen molar-refractivity contribution < 1.29 is 4.79 Å². The first kappa shape index (κ1) is 15.0. The summed E-state index contributed by atoms with van der Waals surface area (Å²) in [6.45, 7) is 0.674. The first-order chi connectivity index (χ1) is 11.8. The molecular formula is C21H20N2O. The van der Waals surface area contributed by atoms with E-state index in [0.717, 1.165) is 18.4 Å². The minimum absolute atomic E-state index is 0.0925. The molecule has 2 aromatic rings. The predicted molar refractivity (Wildman–Crippen MR) is 92.5 cm³/mol. The molecule has 0 saturated heterocycles. The number of carbonyl (C=O) groups is 1. The first-order valence-electron chi connectivity index (χ1n) is 8.67. The zero-order chi connectivity index (χ0) is 16.5. The van der Waals surface area contributed by atoms with Crippen LogP contribution in [0.25, 0.3) is 0 Å². The van der Waals surface area contributed by atoms with Crippen molar-refractivity contribution in [2.75, 3.05) is 0 Å². The zero-order valence-electron chi connectivity index (χ0n) is 13.6. The van der Waals surface area contributed by atoms with Gasteiger partial charge in [0, 0.05) is 24.1 Å². The van der Waals surface area contributed by atoms with Crippen LogP contribution in [-0.2, 0) is 6.54 Å². The van der Waals surface area contributed by atoms with Crippen molar-refractivity contribution in [3.8, 4) is 6.07 Å². The maximum atomic E-state index is 13.0. The highest BCUT2D eigenvalue weighted by Crippen LogP contribution is 2.39. The van der Waals surface area contributed by atoms with E-state index in [-0.39, 0.29) is 11.9 Å². The van der Waals surface area contributed by atoms with Crippen LogP contribution in [0.3, 0.4) is 0 Å². The molecule has 0 bridgehead atoms. The Labute approximate surface area is 142 Å². The largest absolute Gasteiger partial charge is 0.331 e. The Kier molecular flexibility index (Phi) is 3.82. The van der Waals surface area contributed by atoms with Crippen LogP contribution in [-0.4, -0.2) is 16.8 Å². The number of hydrogen-bond donors (Lipinski definition) is 0. The van der Waals surface area contributed by atoms with Crippen molar-refractivity contribution in [3.05, 3.63) is 70.8 Å². The molecule has 1 saturated carbocycles. The van der Waals surface area contributed by atoms with Gasteiger partial charge in [0.1, 0.15) is 0 Å². The van der Waals surface area contributed by atoms with Crippen molar-refractivity contribution in [2.24, 2.45) is 0 Å². The molecule has 3 nitrogen and oxygen atoms in total. The number of hydrogen-bond acceptors (Lipinski definition) is 2. The highest BCUT2D eigenvalue weighted by Gasteiger charge is 2.38. The van der Waals surface area contributed by atoms with E-state index in [0.29, 0.717) is 23.6 Å². The predicted octanol–water partition coefficient (Wildman–Crippen LogP) is 4.24. The summed E-state index contributed by atoms with van der Waals surface area (Å²) in [5.74, 6) is 0.503. The fraction of sp³-hybridized carbons (Fsp3) is 0.333. The number of fused-ring (bicyclic) bond motifs is 1. The summed E-state index contributed by atoms with van der Waals surface area (Å²) in [6, 6.07) is 18.5. The van der Waals surface area contributed by atoms with Crippen molar-refractivity contribution in [3.63, 3.8) is 0 Å². The monoisotopic (exact) mass is 316 g/mol. The third-order valence-electron chi connectivity index (χ3n) is 5.43. The molecule has 0 spiro atoms. The smallest absolute Gasteiger partial charge is 0.254 e. The van der Waals surface area contributed by atoms with E-state index in [4.69, 9.17) is 5.26 Å². The van der Waals surface area contributed by atoms with Crippen LogP contribution in [0.2, 0.25) is 0 Å². The molecule has 0 aromatic heterocycles. The topological polar surface area (TPSA) is 44.1 Å². The minimum Gasteiger partial charge on any atom is -0.331 e. The summed E-state index contributed by atoms with van der Waals surface area (Å²) in [5.41, 5.74) is 3.67. The Balaban J connectivity index is 1.65. The van der Waals surface area contributed by atoms with Crippen molar-refractivity contribution in [2.45, 2.75) is 44.2 Å². The van der Waals surface area contributed by atoms with Gasteiger partial charge in [0.2, 0.25) is 0 Å². The summed E-state index contributed by atoms with van der Waals surface area (Å²) in [4.78, 5) is 15.0. The molecule has 1 aliphatic carbocycles. The van der Waals surface area contributed by atoms with Gasteiger partial charge in [-0.05, 0) is 36.1 Å². The van der Waals surface area contributed by atoms with Crippen LogP contribution in [0.1, 0.15) is 58.6 Å². The standard InChI is InChI=1S/C21H20N2O/c22-13-15-10-11-17-14-23(21(24)19(17)12-15)20-9-5-4-8-18(20)16-6-2-1-3-7-16/h1-3,6-7,10-12,18,20H,4-5,8-9,14H2/t18-,20+/m0/s1. The third kappa shape index (κ3) is 2.49. The second-order valence-electron chi connectivity index (χ2n) is 6.79. The maximum Gasteiger partial charge on any atom is 0.254 e. The van der Waals surface area contributed by atoms with Crippen LogP contribution >= 0.6 is 0 Å². The second kappa shape index (κ2) is 6.13. The number of carbonyl (C=O) groups excluding carboxylic acids is 1. The lowest BCUT2D eigenvalue weighted by Crippen LogP contribution is -2.41. The Morgan fingerprint density at radius 3 is 2.62 bits per heavy atom. The van der Waals surface area contributed by atoms with Gasteiger partial charge in [-0.15, -0.1) is 0 Å². The molecule has 1 aliphatic heterocycles. The number of benzene rings is 2. The number of rotatable bonds is 2. The lowest BCUT2D eigenvalue weighted by molar-refractivity contribution is 0.0627. The van der Waals surface area contributed by atoms with Crippen LogP contribution in [0.5, 0.6) is 0 Å². The van der Waals surface area contributed by atoms with Gasteiger partial charge in [-0.3, -0.25) is 4.79 Å². The van der Waals surface area contributed by atoms with E-state index in [9.17, 15) is 4.79 Å². The van der Waals surface area contributed by atoms with Crippen LogP contribution < -0.4 is 0 Å². The Bertz CT molecular complexity index is 806. The van der Waals surface area contributed by atoms with E-state index in [1.54, 1.807) is 6.07 Å². The van der Waals surface area contributed by atoms with E-state index in [1.807, 2.05) is 23.1 Å². The number of amides is 1. The van der Waals surface area contributed by atoms with Crippen molar-refractivity contribution in [1.29, 1.82) is 5.26 Å². The van der Waals surface area contributed by atoms with Gasteiger partial charge in [0.15, 0.2) is 0 Å². The summed E-state index contributed by atoms with van der Waals surface area (Å²) < 4.78 is 0. The molecule has 1 fully saturated rings. The zero-order valence-corrected chi connectivity index (χ0v) is 13.6. The molecule has 0 radical (unpaired) electrons. The van der Waals surface area contributed by atoms with Gasteiger partial charge in [-0.25, -0.2) is 0 Å². The number of nitrogens with zero attached hydrogens (tertiary/aromatic N) is 2. The van der Waals surface area contributed by atoms with Gasteiger partial charge in [0.05, 0.1) is 11.6 Å². The van der Waals surface area contributed by atoms with Gasteiger partial charge in [-0.2, -0.15) is 5.26 Å². The van der Waals surface area contributed by atoms with Crippen LogP contribution in [0, 0.1) is 11.3 Å². The minimum atomic E-state index is 0.0925. The SMILES string of the molecule is N#Cc1ccc2c(c1)C(=O)N([C@@H]1CCCC[C@H]1c1ccccc1)C2. The van der Waals surface area contributed by atoms with E-state index >= 15 is 0 Å². The van der Waals surface area contributed by atoms with Crippen LogP contribution in [0.4, 0.5) is 0 Å². The highest BCUT2D eigenvalue weighted by molar-refractivity contribution is 5.99. The van der Waals surface area contributed by atoms with Gasteiger partial charge in [0.25, 0.3) is 5.91 Å². The normalized spacial score (nSPS) is 23.0. The van der Waals surface area contributed by atoms with Crippen molar-refractivity contribution in [1.82, 2.24) is 4.90 Å². The average Bonchev–Trinajstić information content (AvgIpc) is 2.98. The van der Waals surface area contributed by atoms with Crippen LogP contribution in [0.15, 0.2) is 48.5 Å². The van der Waals surface area contributed by atoms with E-state index in [2.05, 4.69) is 30.3 Å². The summed E-state index contributed by atoms with van der Waals surface area (Å²) in [6.07, 6.45) is 4.60. The van der Waals surface area contributed by atoms with Gasteiger partial charge in [-0.1, -0.05) is 49.2 Å². The molecule has 0 unspecified atom stereocenters. The van der Waals surface area contributed by atoms with Gasteiger partial charge < -0.3 is 4.90 Å². The average molecular weight is 316 g/mol. The molecule has 2 aromatic carbocycles. The first-order valence-corrected chi connectivity index (χ1v) is 8.67. The summed E-state index contributed by atoms with van der Waals surface area (Å²) in [7, 11) is 0. The van der Waals surface area contributed by atoms with E-state index in [1.165, 1.54) is 18.4 Å². The summed E-state index contributed by atoms with van der Waals surface area (Å²) >= 11 is 0. The molecule has 4 rings (SSSR count). The number of nitriles is 1. The fourth-order valence-electron chi connectivity index (χ4n) is 4.23. The maximum absolute atomic E-state index is 13.0. The lowest BCUT2D eigenvalue weighted by atomic mass is 9.79. The molecule has 2 aliphatic rings. The highest BCUT2D eigenvalue weighted by atomic mass is 16.2. The van der Waals surface area contributed by atoms with Gasteiger partial charge >= 0.3 is 0 Å². The van der Waals surface area contributed by atoms with Crippen molar-refractivity contribution >= 4 is 5.91 Å². The molecule has 120 valence electrons. The fourth-order valence-corrected chi connectivity index (χ4v) is 4.23. The lowest BCUT2D eigenvalue weighted by Gasteiger charge is -2.38. The Morgan fingerprint density at radius 2 is 1.83 bits per heavy atom.